The first-order valence-electron chi connectivity index (χ1n) is 8.23. The van der Waals surface area contributed by atoms with Gasteiger partial charge < -0.3 is 14.8 Å². The highest BCUT2D eigenvalue weighted by molar-refractivity contribution is 7.16. The van der Waals surface area contributed by atoms with Crippen LogP contribution in [0, 0.1) is 0 Å². The van der Waals surface area contributed by atoms with Gasteiger partial charge in [-0.2, -0.15) is 0 Å². The Bertz CT molecular complexity index is 752. The molecule has 0 aliphatic rings. The minimum absolute atomic E-state index is 0.0261. The highest BCUT2D eigenvalue weighted by atomic mass is 32.1. The van der Waals surface area contributed by atoms with Crippen molar-refractivity contribution in [3.8, 4) is 5.75 Å². The van der Waals surface area contributed by atoms with Crippen molar-refractivity contribution in [1.82, 2.24) is 0 Å². The standard InChI is InChI=1S/C19H23NO4S/c1-5-7-15-11-16(19(22)23-4)18(25-15)20-17(21)13-8-6-9-14(10-13)24-12(2)3/h6,8-12H,5,7H2,1-4H3,(H,20,21). The summed E-state index contributed by atoms with van der Waals surface area (Å²) in [4.78, 5) is 25.6. The molecule has 2 rings (SSSR count). The molecule has 0 fully saturated rings. The van der Waals surface area contributed by atoms with E-state index in [9.17, 15) is 9.59 Å². The molecule has 5 nitrogen and oxygen atoms in total. The molecule has 1 aromatic heterocycles. The third kappa shape index (κ3) is 5.06. The topological polar surface area (TPSA) is 64.6 Å². The van der Waals surface area contributed by atoms with Gasteiger partial charge in [0.1, 0.15) is 10.8 Å². The van der Waals surface area contributed by atoms with E-state index in [1.165, 1.54) is 18.4 Å². The first-order valence-corrected chi connectivity index (χ1v) is 9.05. The number of carbonyl (C=O) groups excluding carboxylic acids is 2. The van der Waals surface area contributed by atoms with Gasteiger partial charge in [0, 0.05) is 10.4 Å². The summed E-state index contributed by atoms with van der Waals surface area (Å²) in [7, 11) is 1.33. The van der Waals surface area contributed by atoms with Crippen LogP contribution in [0.2, 0.25) is 0 Å². The fourth-order valence-electron chi connectivity index (χ4n) is 2.32. The summed E-state index contributed by atoms with van der Waals surface area (Å²) in [6.45, 7) is 5.92. The van der Waals surface area contributed by atoms with Crippen molar-refractivity contribution in [3.05, 3.63) is 46.3 Å². The number of amides is 1. The van der Waals surface area contributed by atoms with Gasteiger partial charge in [-0.15, -0.1) is 11.3 Å². The average molecular weight is 361 g/mol. The van der Waals surface area contributed by atoms with Gasteiger partial charge in [0.2, 0.25) is 0 Å². The molecule has 0 aliphatic heterocycles. The van der Waals surface area contributed by atoms with Crippen molar-refractivity contribution in [2.45, 2.75) is 39.7 Å². The summed E-state index contributed by atoms with van der Waals surface area (Å²) in [6.07, 6.45) is 1.84. The van der Waals surface area contributed by atoms with Crippen molar-refractivity contribution >= 4 is 28.2 Å². The van der Waals surface area contributed by atoms with Gasteiger partial charge in [-0.25, -0.2) is 4.79 Å². The van der Waals surface area contributed by atoms with E-state index in [4.69, 9.17) is 9.47 Å². The number of hydrogen-bond donors (Lipinski definition) is 1. The van der Waals surface area contributed by atoms with Crippen LogP contribution in [0.15, 0.2) is 30.3 Å². The maximum atomic E-state index is 12.6. The Morgan fingerprint density at radius 3 is 2.64 bits per heavy atom. The van der Waals surface area contributed by atoms with Gasteiger partial charge in [0.25, 0.3) is 5.91 Å². The Balaban J connectivity index is 2.23. The second-order valence-corrected chi connectivity index (χ2v) is 6.98. The van der Waals surface area contributed by atoms with Gasteiger partial charge >= 0.3 is 5.97 Å². The molecule has 0 saturated heterocycles. The van der Waals surface area contributed by atoms with Crippen LogP contribution in [0.3, 0.4) is 0 Å². The van der Waals surface area contributed by atoms with Crippen LogP contribution in [-0.2, 0) is 11.2 Å². The van der Waals surface area contributed by atoms with E-state index in [2.05, 4.69) is 12.2 Å². The zero-order valence-electron chi connectivity index (χ0n) is 14.9. The summed E-state index contributed by atoms with van der Waals surface area (Å²) in [5, 5.41) is 3.33. The molecule has 1 heterocycles. The van der Waals surface area contributed by atoms with Gasteiger partial charge in [-0.1, -0.05) is 19.4 Å². The molecule has 0 radical (unpaired) electrons. The molecule has 0 unspecified atom stereocenters. The fourth-order valence-corrected chi connectivity index (χ4v) is 3.47. The van der Waals surface area contributed by atoms with Crippen LogP contribution in [0.1, 0.15) is 52.8 Å². The molecule has 0 bridgehead atoms. The Morgan fingerprint density at radius 1 is 1.24 bits per heavy atom. The Kier molecular flexibility index (Phi) is 6.58. The number of aryl methyl sites for hydroxylation is 1. The summed E-state index contributed by atoms with van der Waals surface area (Å²) in [5.74, 6) is -0.108. The lowest BCUT2D eigenvalue weighted by Gasteiger charge is -2.11. The summed E-state index contributed by atoms with van der Waals surface area (Å²) >= 11 is 1.40. The van der Waals surface area contributed by atoms with E-state index < -0.39 is 5.97 Å². The van der Waals surface area contributed by atoms with Crippen molar-refractivity contribution in [2.24, 2.45) is 0 Å². The van der Waals surface area contributed by atoms with Crippen molar-refractivity contribution in [1.29, 1.82) is 0 Å². The minimum Gasteiger partial charge on any atom is -0.491 e. The van der Waals surface area contributed by atoms with Crippen LogP contribution in [0.25, 0.3) is 0 Å². The second-order valence-electron chi connectivity index (χ2n) is 5.85. The average Bonchev–Trinajstić information content (AvgIpc) is 2.96. The molecule has 0 aliphatic carbocycles. The number of ether oxygens (including phenoxy) is 2. The van der Waals surface area contributed by atoms with E-state index in [1.54, 1.807) is 30.3 Å². The zero-order chi connectivity index (χ0) is 18.4. The minimum atomic E-state index is -0.453. The summed E-state index contributed by atoms with van der Waals surface area (Å²) in [6, 6.07) is 8.76. The Hall–Kier alpha value is -2.34. The second kappa shape index (κ2) is 8.67. The molecule has 2 aromatic rings. The zero-order valence-corrected chi connectivity index (χ0v) is 15.7. The number of rotatable bonds is 7. The van der Waals surface area contributed by atoms with E-state index in [0.717, 1.165) is 17.7 Å². The number of anilines is 1. The van der Waals surface area contributed by atoms with Crippen molar-refractivity contribution in [2.75, 3.05) is 12.4 Å². The quantitative estimate of drug-likeness (QED) is 0.736. The van der Waals surface area contributed by atoms with Crippen LogP contribution in [-0.4, -0.2) is 25.1 Å². The molecule has 6 heteroatoms. The van der Waals surface area contributed by atoms with E-state index >= 15 is 0 Å². The number of benzene rings is 1. The third-order valence-electron chi connectivity index (χ3n) is 3.38. The maximum absolute atomic E-state index is 12.6. The highest BCUT2D eigenvalue weighted by Gasteiger charge is 2.19. The predicted molar refractivity (Wildman–Crippen MR) is 99.8 cm³/mol. The highest BCUT2D eigenvalue weighted by Crippen LogP contribution is 2.30. The number of methoxy groups -OCH3 is 1. The SMILES string of the molecule is CCCc1cc(C(=O)OC)c(NC(=O)c2cccc(OC(C)C)c2)s1. The van der Waals surface area contributed by atoms with Crippen molar-refractivity contribution < 1.29 is 19.1 Å². The predicted octanol–water partition coefficient (Wildman–Crippen LogP) is 4.53. The molecule has 1 aromatic carbocycles. The molecule has 1 amide bonds. The van der Waals surface area contributed by atoms with Crippen LogP contribution in [0.4, 0.5) is 5.00 Å². The normalized spacial score (nSPS) is 10.6. The molecular weight excluding hydrogens is 338 g/mol. The van der Waals surface area contributed by atoms with Crippen LogP contribution >= 0.6 is 11.3 Å². The van der Waals surface area contributed by atoms with Gasteiger partial charge in [0.15, 0.2) is 0 Å². The lowest BCUT2D eigenvalue weighted by atomic mass is 10.2. The van der Waals surface area contributed by atoms with E-state index in [0.29, 0.717) is 21.9 Å². The largest absolute Gasteiger partial charge is 0.491 e. The Morgan fingerprint density at radius 2 is 2.00 bits per heavy atom. The van der Waals surface area contributed by atoms with Crippen molar-refractivity contribution in [3.63, 3.8) is 0 Å². The van der Waals surface area contributed by atoms with Gasteiger partial charge in [-0.05, 0) is 44.5 Å². The van der Waals surface area contributed by atoms with Crippen LogP contribution < -0.4 is 10.1 Å². The third-order valence-corrected chi connectivity index (χ3v) is 4.49. The number of esters is 1. The molecule has 0 atom stereocenters. The monoisotopic (exact) mass is 361 g/mol. The number of thiophene rings is 1. The van der Waals surface area contributed by atoms with E-state index in [-0.39, 0.29) is 12.0 Å². The van der Waals surface area contributed by atoms with Crippen LogP contribution in [0.5, 0.6) is 5.75 Å². The first-order chi connectivity index (χ1) is 11.9. The number of carbonyl (C=O) groups is 2. The lowest BCUT2D eigenvalue weighted by Crippen LogP contribution is -2.14. The molecule has 0 saturated carbocycles. The summed E-state index contributed by atoms with van der Waals surface area (Å²) < 4.78 is 10.4. The smallest absolute Gasteiger partial charge is 0.340 e. The molecule has 134 valence electrons. The maximum Gasteiger partial charge on any atom is 0.340 e. The first kappa shape index (κ1) is 19.0. The molecule has 0 spiro atoms. The molecule has 25 heavy (non-hydrogen) atoms. The van der Waals surface area contributed by atoms with Gasteiger partial charge in [0.05, 0.1) is 18.8 Å². The number of hydrogen-bond acceptors (Lipinski definition) is 5. The Labute approximate surface area is 152 Å². The fraction of sp³-hybridized carbons (Fsp3) is 0.368. The lowest BCUT2D eigenvalue weighted by molar-refractivity contribution is 0.0602. The molecule has 1 N–H and O–H groups in total. The van der Waals surface area contributed by atoms with Gasteiger partial charge in [-0.3, -0.25) is 4.79 Å². The molecular formula is C19H23NO4S. The number of nitrogens with one attached hydrogen (secondary N) is 1. The van der Waals surface area contributed by atoms with E-state index in [1.807, 2.05) is 13.8 Å². The summed E-state index contributed by atoms with van der Waals surface area (Å²) in [5.41, 5.74) is 0.860.